The SMILES string of the molecule is C.CCOC(=O)C[C@H](CCCCCCc1ccc2c(n1)N(C(=O)OC(C)(C)C)CCC2)c1cnc(CCC(=O)NCCOCCOCCN=[N+]=[N-])nc1.CCOC(=O)C[C@H](CCCCCCc1ccc2c(n1)N(C(=O)OC(C)(C)C)CCC2)c1cnc(CCC(=O)O)nc1.[N-]=[N+]=NCN. The maximum Gasteiger partial charge on any atom is 0.416 e. The molecule has 2 aliphatic heterocycles. The number of carboxylic acids is 1. The molecule has 4 N–H and O–H groups in total. The van der Waals surface area contributed by atoms with Gasteiger partial charge in [0.15, 0.2) is 0 Å². The minimum absolute atomic E-state index is 0. The molecule has 0 bridgehead atoms. The first-order valence-electron chi connectivity index (χ1n) is 34.3. The van der Waals surface area contributed by atoms with Gasteiger partial charge in [0.05, 0.1) is 65.6 Å². The second-order valence-electron chi connectivity index (χ2n) is 25.6. The summed E-state index contributed by atoms with van der Waals surface area (Å²) in [7, 11) is 0. The zero-order valence-corrected chi connectivity index (χ0v) is 58.8. The Hall–Kier alpha value is -8.62. The number of amides is 3. The van der Waals surface area contributed by atoms with Crippen LogP contribution in [-0.2, 0) is 86.1 Å². The van der Waals surface area contributed by atoms with Crippen LogP contribution < -0.4 is 20.9 Å². The Morgan fingerprint density at radius 3 is 1.44 bits per heavy atom. The van der Waals surface area contributed by atoms with Crippen molar-refractivity contribution in [3.63, 3.8) is 0 Å². The molecule has 3 amide bonds. The molecule has 4 aromatic rings. The summed E-state index contributed by atoms with van der Waals surface area (Å²) in [5.41, 5.74) is 25.1. The summed E-state index contributed by atoms with van der Waals surface area (Å²) in [6.07, 6.45) is 22.3. The number of ether oxygens (including phenoxy) is 6. The molecule has 0 spiro atoms. The van der Waals surface area contributed by atoms with E-state index >= 15 is 0 Å². The first-order chi connectivity index (χ1) is 47.1. The molecule has 2 atom stereocenters. The van der Waals surface area contributed by atoms with Gasteiger partial charge in [0.25, 0.3) is 0 Å². The molecule has 0 aliphatic carbocycles. The van der Waals surface area contributed by atoms with Crippen LogP contribution in [0.3, 0.4) is 0 Å². The van der Waals surface area contributed by atoms with Gasteiger partial charge in [0.1, 0.15) is 34.5 Å². The van der Waals surface area contributed by atoms with Crippen molar-refractivity contribution in [1.29, 1.82) is 0 Å². The number of anilines is 2. The van der Waals surface area contributed by atoms with Crippen molar-refractivity contribution in [2.75, 3.05) is 82.3 Å². The van der Waals surface area contributed by atoms with Gasteiger partial charge in [0, 0.05) is 91.4 Å². The van der Waals surface area contributed by atoms with E-state index in [1.54, 1.807) is 48.4 Å². The van der Waals surface area contributed by atoms with Crippen LogP contribution in [0.2, 0.25) is 0 Å². The number of carboxylic acid groups (broad SMARTS) is 1. The molecule has 29 nitrogen and oxygen atoms in total. The Balaban J connectivity index is 0.000000488. The van der Waals surface area contributed by atoms with E-state index in [0.29, 0.717) is 77.3 Å². The van der Waals surface area contributed by atoms with Gasteiger partial charge in [-0.3, -0.25) is 29.0 Å². The number of hydrogen-bond acceptors (Lipinski definition) is 21. The lowest BCUT2D eigenvalue weighted by molar-refractivity contribution is -0.144. The molecule has 0 unspecified atom stereocenters. The van der Waals surface area contributed by atoms with E-state index in [-0.39, 0.29) is 94.6 Å². The Morgan fingerprint density at radius 2 is 1.04 bits per heavy atom. The third-order valence-electron chi connectivity index (χ3n) is 15.3. The number of carbonyl (C=O) groups is 6. The van der Waals surface area contributed by atoms with E-state index < -0.39 is 17.2 Å². The molecule has 6 rings (SSSR count). The topological polar surface area (TPSA) is 397 Å². The van der Waals surface area contributed by atoms with Gasteiger partial charge < -0.3 is 44.6 Å². The lowest BCUT2D eigenvalue weighted by atomic mass is 9.92. The highest BCUT2D eigenvalue weighted by molar-refractivity contribution is 5.89. The lowest BCUT2D eigenvalue weighted by Crippen LogP contribution is -2.40. The number of esters is 2. The molecule has 0 radical (unpaired) electrons. The summed E-state index contributed by atoms with van der Waals surface area (Å²) in [5, 5.41) is 18.0. The molecule has 99 heavy (non-hydrogen) atoms. The number of aromatic nitrogens is 6. The van der Waals surface area contributed by atoms with Crippen molar-refractivity contribution in [2.45, 2.75) is 227 Å². The summed E-state index contributed by atoms with van der Waals surface area (Å²) < 4.78 is 32.3. The molecule has 546 valence electrons. The molecule has 6 heterocycles. The van der Waals surface area contributed by atoms with Gasteiger partial charge in [0.2, 0.25) is 5.91 Å². The Labute approximate surface area is 583 Å². The monoisotopic (exact) mass is 1380 g/mol. The standard InChI is InChI=1S/C37H56N8O7.C31H44N4O6.CH4N4.CH4/c1-5-51-34(47)25-29(30-26-40-32(41-27-30)16-17-33(46)39-18-21-49-23-24-50-22-19-42-44-38)11-8-6-7-9-13-31-15-14-28-12-10-20-45(35(28)43-31)36(48)52-37(2,3)4;1-5-40-28(38)19-23(24-20-32-26(33-21-24)16-17-27(36)37)11-8-6-7-9-13-25-15-14-22-12-10-18-35(29(22)34-25)30(39)41-31(2,3)4;2-1-4-5-3;/h14-15,26-27,29H,5-13,16-25H2,1-4H3,(H,39,46);14-15,20-21,23H,5-13,16-19H2,1-4H3,(H,36,37);1-2H2;1H4/t29-;23-;;/m00../s1. The third kappa shape index (κ3) is 35.1. The first-order valence-corrected chi connectivity index (χ1v) is 34.3. The van der Waals surface area contributed by atoms with Gasteiger partial charge in [-0.05, 0) is 177 Å². The van der Waals surface area contributed by atoms with Gasteiger partial charge >= 0.3 is 30.1 Å². The van der Waals surface area contributed by atoms with E-state index in [9.17, 15) is 28.8 Å². The fraction of sp³-hybridized carbons (Fsp3) is 0.657. The molecule has 29 heteroatoms. The maximum absolute atomic E-state index is 12.8. The predicted molar refractivity (Wildman–Crippen MR) is 376 cm³/mol. The van der Waals surface area contributed by atoms with Crippen molar-refractivity contribution < 1.29 is 62.3 Å². The molecule has 4 aromatic heterocycles. The normalized spacial score (nSPS) is 12.9. The number of unbranched alkanes of at least 4 members (excludes halogenated alkanes) is 6. The van der Waals surface area contributed by atoms with Crippen LogP contribution in [0.25, 0.3) is 20.9 Å². The van der Waals surface area contributed by atoms with E-state index in [4.69, 9.17) is 60.3 Å². The summed E-state index contributed by atoms with van der Waals surface area (Å²) >= 11 is 0. The summed E-state index contributed by atoms with van der Waals surface area (Å²) in [4.78, 5) is 109. The van der Waals surface area contributed by atoms with E-state index in [0.717, 1.165) is 148 Å². The number of nitrogens with one attached hydrogen (secondary N) is 1. The molecule has 2 aliphatic rings. The molecular formula is C70H108N16O13. The largest absolute Gasteiger partial charge is 0.481 e. The van der Waals surface area contributed by atoms with Crippen molar-refractivity contribution in [2.24, 2.45) is 16.0 Å². The first kappa shape index (κ1) is 84.6. The van der Waals surface area contributed by atoms with Gasteiger partial charge in [-0.1, -0.05) is 68.3 Å². The number of nitrogens with two attached hydrogens (primary N) is 1. The Morgan fingerprint density at radius 1 is 0.606 bits per heavy atom. The zero-order chi connectivity index (χ0) is 71.6. The fourth-order valence-corrected chi connectivity index (χ4v) is 10.7. The minimum atomic E-state index is -0.886. The number of nitrogens with zero attached hydrogens (tertiary/aromatic N) is 14. The molecular weight excluding hydrogens is 1270 g/mol. The summed E-state index contributed by atoms with van der Waals surface area (Å²) in [6.45, 7) is 18.9. The average molecular weight is 1380 g/mol. The number of aryl methyl sites for hydroxylation is 6. The Bertz CT molecular complexity index is 3170. The predicted octanol–water partition coefficient (Wildman–Crippen LogP) is 12.8. The van der Waals surface area contributed by atoms with Crippen LogP contribution in [0.1, 0.15) is 223 Å². The molecule has 0 saturated heterocycles. The fourth-order valence-electron chi connectivity index (χ4n) is 10.7. The molecule has 0 saturated carbocycles. The number of carbonyl (C=O) groups excluding carboxylic acids is 5. The van der Waals surface area contributed by atoms with Crippen LogP contribution in [0.4, 0.5) is 21.2 Å². The van der Waals surface area contributed by atoms with Gasteiger partial charge in [-0.15, -0.1) is 0 Å². The van der Waals surface area contributed by atoms with Crippen LogP contribution in [-0.4, -0.2) is 155 Å². The van der Waals surface area contributed by atoms with E-state index in [1.165, 1.54) is 0 Å². The Kier molecular flexibility index (Phi) is 40.5. The van der Waals surface area contributed by atoms with Crippen molar-refractivity contribution >= 4 is 47.6 Å². The van der Waals surface area contributed by atoms with Crippen molar-refractivity contribution in [1.82, 2.24) is 35.2 Å². The van der Waals surface area contributed by atoms with Crippen LogP contribution >= 0.6 is 0 Å². The summed E-state index contributed by atoms with van der Waals surface area (Å²) in [5.74, 6) is 0.885. The minimum Gasteiger partial charge on any atom is -0.481 e. The molecule has 0 aromatic carbocycles. The van der Waals surface area contributed by atoms with Crippen molar-refractivity contribution in [3.8, 4) is 0 Å². The zero-order valence-electron chi connectivity index (χ0n) is 58.8. The number of rotatable bonds is 38. The second-order valence-corrected chi connectivity index (χ2v) is 25.6. The number of aliphatic carboxylic acids is 1. The highest BCUT2D eigenvalue weighted by Gasteiger charge is 2.31. The van der Waals surface area contributed by atoms with E-state index in [2.05, 4.69) is 69.6 Å². The van der Waals surface area contributed by atoms with Crippen molar-refractivity contribution in [3.05, 3.63) is 115 Å². The maximum atomic E-state index is 12.8. The number of azide groups is 2. The number of hydrogen-bond donors (Lipinski definition) is 3. The van der Waals surface area contributed by atoms with E-state index in [1.807, 2.05) is 41.5 Å². The average Bonchev–Trinajstić information content (AvgIpc) is 0.810. The highest BCUT2D eigenvalue weighted by Crippen LogP contribution is 2.32. The highest BCUT2D eigenvalue weighted by atomic mass is 16.6. The smallest absolute Gasteiger partial charge is 0.416 e. The molecule has 0 fully saturated rings. The second kappa shape index (κ2) is 47.4. The quantitative estimate of drug-likeness (QED) is 0.00937. The summed E-state index contributed by atoms with van der Waals surface area (Å²) in [6, 6.07) is 8.31. The van der Waals surface area contributed by atoms with Gasteiger partial charge in [-0.2, -0.15) is 0 Å². The van der Waals surface area contributed by atoms with Crippen LogP contribution in [0.5, 0.6) is 0 Å². The van der Waals surface area contributed by atoms with Crippen LogP contribution in [0, 0.1) is 0 Å². The lowest BCUT2D eigenvalue weighted by Gasteiger charge is -2.31. The third-order valence-corrected chi connectivity index (χ3v) is 15.3. The number of fused-ring (bicyclic) bond motifs is 2. The van der Waals surface area contributed by atoms with Gasteiger partial charge in [-0.25, -0.2) is 39.5 Å². The number of pyridine rings is 2. The van der Waals surface area contributed by atoms with Crippen LogP contribution in [0.15, 0.2) is 59.3 Å².